The van der Waals surface area contributed by atoms with Gasteiger partial charge in [0, 0.05) is 37.4 Å². The average molecular weight is 265 g/mol. The molecule has 1 fully saturated rings. The molecule has 2 atom stereocenters. The molecule has 0 radical (unpaired) electrons. The van der Waals surface area contributed by atoms with Gasteiger partial charge in [-0.05, 0) is 18.2 Å². The lowest BCUT2D eigenvalue weighted by molar-refractivity contribution is -0.116. The van der Waals surface area contributed by atoms with E-state index in [4.69, 9.17) is 5.73 Å². The van der Waals surface area contributed by atoms with Crippen LogP contribution in [0.3, 0.4) is 0 Å². The molecule has 0 bridgehead atoms. The number of nitrogens with two attached hydrogens (primary N) is 1. The van der Waals surface area contributed by atoms with Crippen molar-refractivity contribution in [3.8, 4) is 0 Å². The van der Waals surface area contributed by atoms with Crippen LogP contribution in [0.25, 0.3) is 0 Å². The molecule has 104 valence electrons. The molecule has 0 aliphatic carbocycles. The van der Waals surface area contributed by atoms with E-state index >= 15 is 0 Å². The van der Waals surface area contributed by atoms with Gasteiger partial charge >= 0.3 is 0 Å². The number of β-amino-alcohol motifs (C(OH)–C–C–N with tert-alkyl or cyclic N) is 2. The van der Waals surface area contributed by atoms with Gasteiger partial charge in [0.1, 0.15) is 0 Å². The summed E-state index contributed by atoms with van der Waals surface area (Å²) in [6, 6.07) is 7.00. The third-order valence-electron chi connectivity index (χ3n) is 3.16. The number of aliphatic hydroxyl groups is 2. The van der Waals surface area contributed by atoms with E-state index in [1.54, 1.807) is 24.3 Å². The van der Waals surface area contributed by atoms with E-state index in [-0.39, 0.29) is 5.91 Å². The van der Waals surface area contributed by atoms with Gasteiger partial charge in [0.2, 0.25) is 5.91 Å². The van der Waals surface area contributed by atoms with Crippen LogP contribution in [-0.2, 0) is 4.79 Å². The van der Waals surface area contributed by atoms with Crippen LogP contribution < -0.4 is 11.1 Å². The molecule has 2 unspecified atom stereocenters. The SMILES string of the molecule is Nc1cccc(NC(=O)CCN2CC(O)C(O)C2)c1. The largest absolute Gasteiger partial charge is 0.399 e. The van der Waals surface area contributed by atoms with Crippen LogP contribution in [0.1, 0.15) is 6.42 Å². The molecule has 0 aromatic heterocycles. The Morgan fingerprint density at radius 2 is 2.05 bits per heavy atom. The Morgan fingerprint density at radius 1 is 1.37 bits per heavy atom. The smallest absolute Gasteiger partial charge is 0.225 e. The monoisotopic (exact) mass is 265 g/mol. The van der Waals surface area contributed by atoms with Gasteiger partial charge < -0.3 is 21.3 Å². The highest BCUT2D eigenvalue weighted by Gasteiger charge is 2.29. The van der Waals surface area contributed by atoms with Crippen LogP contribution in [0.5, 0.6) is 0 Å². The summed E-state index contributed by atoms with van der Waals surface area (Å²) in [7, 11) is 0. The summed E-state index contributed by atoms with van der Waals surface area (Å²) in [5.41, 5.74) is 6.90. The van der Waals surface area contributed by atoms with Crippen molar-refractivity contribution in [2.75, 3.05) is 30.7 Å². The van der Waals surface area contributed by atoms with Crippen molar-refractivity contribution in [3.63, 3.8) is 0 Å². The predicted octanol–water partition coefficient (Wildman–Crippen LogP) is -0.365. The van der Waals surface area contributed by atoms with Gasteiger partial charge in [-0.25, -0.2) is 0 Å². The maximum atomic E-state index is 11.7. The highest BCUT2D eigenvalue weighted by Crippen LogP contribution is 2.13. The lowest BCUT2D eigenvalue weighted by Crippen LogP contribution is -2.27. The van der Waals surface area contributed by atoms with Crippen molar-refractivity contribution in [2.24, 2.45) is 0 Å². The third-order valence-corrected chi connectivity index (χ3v) is 3.16. The molecule has 0 saturated carbocycles. The molecule has 0 spiro atoms. The van der Waals surface area contributed by atoms with Crippen LogP contribution in [0.4, 0.5) is 11.4 Å². The number of anilines is 2. The number of nitrogens with one attached hydrogen (secondary N) is 1. The molecule has 19 heavy (non-hydrogen) atoms. The van der Waals surface area contributed by atoms with Gasteiger partial charge in [-0.2, -0.15) is 0 Å². The Hall–Kier alpha value is -1.63. The fourth-order valence-electron chi connectivity index (χ4n) is 2.13. The third kappa shape index (κ3) is 3.92. The molecule has 1 amide bonds. The zero-order chi connectivity index (χ0) is 13.8. The highest BCUT2D eigenvalue weighted by atomic mass is 16.3. The summed E-state index contributed by atoms with van der Waals surface area (Å²) in [4.78, 5) is 13.6. The summed E-state index contributed by atoms with van der Waals surface area (Å²) in [6.07, 6.45) is -1.11. The van der Waals surface area contributed by atoms with E-state index in [0.29, 0.717) is 37.4 Å². The van der Waals surface area contributed by atoms with Gasteiger partial charge in [0.05, 0.1) is 12.2 Å². The molecule has 1 saturated heterocycles. The first kappa shape index (κ1) is 13.8. The van der Waals surface area contributed by atoms with E-state index in [1.807, 2.05) is 4.90 Å². The van der Waals surface area contributed by atoms with E-state index in [0.717, 1.165) is 0 Å². The Bertz CT molecular complexity index is 443. The summed E-state index contributed by atoms with van der Waals surface area (Å²) >= 11 is 0. The maximum absolute atomic E-state index is 11.7. The molecule has 6 nitrogen and oxygen atoms in total. The van der Waals surface area contributed by atoms with Crippen LogP contribution in [0.15, 0.2) is 24.3 Å². The minimum atomic E-state index is -0.711. The second-order valence-electron chi connectivity index (χ2n) is 4.82. The number of nitrogens with zero attached hydrogens (tertiary/aromatic N) is 1. The fourth-order valence-corrected chi connectivity index (χ4v) is 2.13. The standard InChI is InChI=1S/C13H19N3O3/c14-9-2-1-3-10(6-9)15-13(19)4-5-16-7-11(17)12(18)8-16/h1-3,6,11-12,17-18H,4-5,7-8,14H2,(H,15,19). The van der Waals surface area contributed by atoms with E-state index in [9.17, 15) is 15.0 Å². The fraction of sp³-hybridized carbons (Fsp3) is 0.462. The van der Waals surface area contributed by atoms with Crippen molar-refractivity contribution in [3.05, 3.63) is 24.3 Å². The summed E-state index contributed by atoms with van der Waals surface area (Å²) < 4.78 is 0. The van der Waals surface area contributed by atoms with E-state index < -0.39 is 12.2 Å². The number of carbonyl (C=O) groups is 1. The van der Waals surface area contributed by atoms with Gasteiger partial charge in [-0.3, -0.25) is 9.69 Å². The predicted molar refractivity (Wildman–Crippen MR) is 72.6 cm³/mol. The van der Waals surface area contributed by atoms with Gasteiger partial charge in [-0.1, -0.05) is 6.07 Å². The second kappa shape index (κ2) is 6.01. The van der Waals surface area contributed by atoms with Crippen LogP contribution >= 0.6 is 0 Å². The van der Waals surface area contributed by atoms with Crippen LogP contribution in [-0.4, -0.2) is 52.9 Å². The second-order valence-corrected chi connectivity index (χ2v) is 4.82. The number of nitrogen functional groups attached to an aromatic ring is 1. The van der Waals surface area contributed by atoms with E-state index in [1.165, 1.54) is 0 Å². The van der Waals surface area contributed by atoms with Gasteiger partial charge in [-0.15, -0.1) is 0 Å². The Kier molecular flexibility index (Phi) is 4.36. The average Bonchev–Trinajstić information content (AvgIpc) is 2.66. The molecule has 1 heterocycles. The molecule has 6 heteroatoms. The highest BCUT2D eigenvalue weighted by molar-refractivity contribution is 5.91. The Balaban J connectivity index is 1.76. The zero-order valence-electron chi connectivity index (χ0n) is 10.6. The quantitative estimate of drug-likeness (QED) is 0.557. The minimum Gasteiger partial charge on any atom is -0.399 e. The van der Waals surface area contributed by atoms with Crippen LogP contribution in [0, 0.1) is 0 Å². The van der Waals surface area contributed by atoms with Crippen molar-refractivity contribution in [2.45, 2.75) is 18.6 Å². The Morgan fingerprint density at radius 3 is 2.68 bits per heavy atom. The normalized spacial score (nSPS) is 23.5. The Labute approximate surface area is 111 Å². The summed E-state index contributed by atoms with van der Waals surface area (Å²) in [5.74, 6) is -0.110. The number of aliphatic hydroxyl groups excluding tert-OH is 2. The number of hydrogen-bond donors (Lipinski definition) is 4. The van der Waals surface area contributed by atoms with Crippen molar-refractivity contribution < 1.29 is 15.0 Å². The van der Waals surface area contributed by atoms with Crippen molar-refractivity contribution >= 4 is 17.3 Å². The number of likely N-dealkylation sites (tertiary alicyclic amines) is 1. The first-order valence-electron chi connectivity index (χ1n) is 6.28. The molecular formula is C13H19N3O3. The molecule has 1 aliphatic rings. The van der Waals surface area contributed by atoms with Crippen molar-refractivity contribution in [1.82, 2.24) is 4.90 Å². The first-order valence-corrected chi connectivity index (χ1v) is 6.28. The van der Waals surface area contributed by atoms with Gasteiger partial charge in [0.15, 0.2) is 0 Å². The number of carbonyl (C=O) groups excluding carboxylic acids is 1. The zero-order valence-corrected chi connectivity index (χ0v) is 10.6. The molecular weight excluding hydrogens is 246 g/mol. The van der Waals surface area contributed by atoms with Crippen LogP contribution in [0.2, 0.25) is 0 Å². The topological polar surface area (TPSA) is 98.8 Å². The molecule has 5 N–H and O–H groups in total. The summed E-state index contributed by atoms with van der Waals surface area (Å²) in [5, 5.41) is 21.5. The molecule has 1 aromatic carbocycles. The summed E-state index contributed by atoms with van der Waals surface area (Å²) in [6.45, 7) is 1.34. The number of hydrogen-bond acceptors (Lipinski definition) is 5. The molecule has 2 rings (SSSR count). The van der Waals surface area contributed by atoms with E-state index in [2.05, 4.69) is 5.32 Å². The minimum absolute atomic E-state index is 0.110. The molecule has 1 aromatic rings. The van der Waals surface area contributed by atoms with Crippen molar-refractivity contribution in [1.29, 1.82) is 0 Å². The lowest BCUT2D eigenvalue weighted by atomic mass is 10.2. The van der Waals surface area contributed by atoms with Gasteiger partial charge in [0.25, 0.3) is 0 Å². The number of benzene rings is 1. The first-order chi connectivity index (χ1) is 9.04. The maximum Gasteiger partial charge on any atom is 0.225 e. The lowest BCUT2D eigenvalue weighted by Gasteiger charge is -2.14. The molecule has 1 aliphatic heterocycles. The number of rotatable bonds is 4. The number of amides is 1.